The zero-order chi connectivity index (χ0) is 14.8. The summed E-state index contributed by atoms with van der Waals surface area (Å²) in [6.45, 7) is 2.69. The second-order valence-electron chi connectivity index (χ2n) is 5.42. The molecule has 21 heavy (non-hydrogen) atoms. The average Bonchev–Trinajstić information content (AvgIpc) is 2.91. The maximum Gasteiger partial charge on any atom is 0.262 e. The molecular weight excluding hydrogens is 268 g/mol. The van der Waals surface area contributed by atoms with E-state index in [0.29, 0.717) is 17.8 Å². The molecule has 0 spiro atoms. The van der Waals surface area contributed by atoms with Crippen molar-refractivity contribution in [2.75, 3.05) is 6.61 Å². The molecule has 2 aromatic rings. The third-order valence-corrected chi connectivity index (χ3v) is 3.70. The Labute approximate surface area is 122 Å². The predicted molar refractivity (Wildman–Crippen MR) is 79.4 cm³/mol. The Bertz CT molecular complexity index is 703. The van der Waals surface area contributed by atoms with Gasteiger partial charge in [-0.25, -0.2) is 0 Å². The SMILES string of the molecule is Cc1cccc(-c2c(O)nc(CC3CCCO3)[nH]c2=O)c1. The first-order valence-electron chi connectivity index (χ1n) is 7.14. The van der Waals surface area contributed by atoms with Gasteiger partial charge in [0.15, 0.2) is 0 Å². The van der Waals surface area contributed by atoms with Gasteiger partial charge in [-0.15, -0.1) is 0 Å². The fourth-order valence-corrected chi connectivity index (χ4v) is 2.69. The molecule has 1 saturated heterocycles. The van der Waals surface area contributed by atoms with Gasteiger partial charge in [-0.2, -0.15) is 4.98 Å². The molecule has 3 rings (SSSR count). The van der Waals surface area contributed by atoms with Crippen LogP contribution in [0.1, 0.15) is 24.2 Å². The Morgan fingerprint density at radius 3 is 3.00 bits per heavy atom. The van der Waals surface area contributed by atoms with Crippen LogP contribution >= 0.6 is 0 Å². The van der Waals surface area contributed by atoms with Crippen LogP contribution in [0.2, 0.25) is 0 Å². The Morgan fingerprint density at radius 2 is 2.33 bits per heavy atom. The van der Waals surface area contributed by atoms with Crippen molar-refractivity contribution in [2.45, 2.75) is 32.3 Å². The maximum absolute atomic E-state index is 12.3. The van der Waals surface area contributed by atoms with Crippen molar-refractivity contribution in [3.8, 4) is 17.0 Å². The molecule has 1 aromatic carbocycles. The molecule has 1 aliphatic rings. The normalized spacial score (nSPS) is 18.0. The lowest BCUT2D eigenvalue weighted by Gasteiger charge is -2.10. The van der Waals surface area contributed by atoms with Crippen LogP contribution in [0.3, 0.4) is 0 Å². The van der Waals surface area contributed by atoms with E-state index in [1.165, 1.54) is 0 Å². The van der Waals surface area contributed by atoms with Crippen molar-refractivity contribution in [3.63, 3.8) is 0 Å². The van der Waals surface area contributed by atoms with Gasteiger partial charge in [0.25, 0.3) is 5.56 Å². The second-order valence-corrected chi connectivity index (χ2v) is 5.42. The number of benzene rings is 1. The summed E-state index contributed by atoms with van der Waals surface area (Å²) in [5.74, 6) is 0.248. The maximum atomic E-state index is 12.3. The third kappa shape index (κ3) is 2.97. The lowest BCUT2D eigenvalue weighted by molar-refractivity contribution is 0.109. The first kappa shape index (κ1) is 13.8. The first-order valence-corrected chi connectivity index (χ1v) is 7.14. The van der Waals surface area contributed by atoms with Gasteiger partial charge in [-0.05, 0) is 25.3 Å². The van der Waals surface area contributed by atoms with E-state index in [9.17, 15) is 9.90 Å². The number of aromatic hydroxyl groups is 1. The van der Waals surface area contributed by atoms with Crippen molar-refractivity contribution in [1.82, 2.24) is 9.97 Å². The van der Waals surface area contributed by atoms with Crippen LogP contribution in [0.15, 0.2) is 29.1 Å². The fourth-order valence-electron chi connectivity index (χ4n) is 2.69. The Hall–Kier alpha value is -2.14. The summed E-state index contributed by atoms with van der Waals surface area (Å²) in [6, 6.07) is 7.43. The topological polar surface area (TPSA) is 75.2 Å². The minimum absolute atomic E-state index is 0.0809. The molecule has 5 nitrogen and oxygen atoms in total. The molecule has 0 aliphatic carbocycles. The van der Waals surface area contributed by atoms with E-state index in [2.05, 4.69) is 9.97 Å². The van der Waals surface area contributed by atoms with E-state index in [1.807, 2.05) is 25.1 Å². The standard InChI is InChI=1S/C16H18N2O3/c1-10-4-2-5-11(8-10)14-15(19)17-13(18-16(14)20)9-12-6-3-7-21-12/h2,4-5,8,12H,3,6-7,9H2,1H3,(H2,17,18,19,20). The van der Waals surface area contributed by atoms with Gasteiger partial charge < -0.3 is 14.8 Å². The number of aryl methyl sites for hydroxylation is 1. The molecule has 2 heterocycles. The molecule has 2 N–H and O–H groups in total. The van der Waals surface area contributed by atoms with Gasteiger partial charge in [0.05, 0.1) is 6.10 Å². The lowest BCUT2D eigenvalue weighted by Crippen LogP contribution is -2.18. The third-order valence-electron chi connectivity index (χ3n) is 3.70. The molecule has 1 aliphatic heterocycles. The van der Waals surface area contributed by atoms with Gasteiger partial charge in [0.2, 0.25) is 5.88 Å². The number of nitrogens with one attached hydrogen (secondary N) is 1. The highest BCUT2D eigenvalue weighted by molar-refractivity contribution is 5.67. The summed E-state index contributed by atoms with van der Waals surface area (Å²) in [5.41, 5.74) is 1.59. The molecule has 110 valence electrons. The molecule has 1 atom stereocenters. The number of nitrogens with zero attached hydrogens (tertiary/aromatic N) is 1. The van der Waals surface area contributed by atoms with E-state index in [-0.39, 0.29) is 23.1 Å². The largest absolute Gasteiger partial charge is 0.493 e. The van der Waals surface area contributed by atoms with Crippen LogP contribution in [-0.2, 0) is 11.2 Å². The Kier molecular flexibility index (Phi) is 3.75. The van der Waals surface area contributed by atoms with Gasteiger partial charge in [-0.1, -0.05) is 29.8 Å². The van der Waals surface area contributed by atoms with Crippen molar-refractivity contribution < 1.29 is 9.84 Å². The molecule has 1 fully saturated rings. The molecule has 0 bridgehead atoms. The number of rotatable bonds is 3. The molecular formula is C16H18N2O3. The van der Waals surface area contributed by atoms with E-state index in [0.717, 1.165) is 25.0 Å². The zero-order valence-electron chi connectivity index (χ0n) is 11.9. The number of hydrogen-bond donors (Lipinski definition) is 2. The second kappa shape index (κ2) is 5.69. The highest BCUT2D eigenvalue weighted by atomic mass is 16.5. The van der Waals surface area contributed by atoms with E-state index >= 15 is 0 Å². The fraction of sp³-hybridized carbons (Fsp3) is 0.375. The summed E-state index contributed by atoms with van der Waals surface area (Å²) in [5, 5.41) is 10.1. The molecule has 0 saturated carbocycles. The molecule has 0 radical (unpaired) electrons. The van der Waals surface area contributed by atoms with Gasteiger partial charge in [-0.3, -0.25) is 4.79 Å². The number of ether oxygens (including phenoxy) is 1. The van der Waals surface area contributed by atoms with Crippen LogP contribution in [0.4, 0.5) is 0 Å². The van der Waals surface area contributed by atoms with Crippen LogP contribution in [-0.4, -0.2) is 27.8 Å². The first-order chi connectivity index (χ1) is 10.1. The number of hydrogen-bond acceptors (Lipinski definition) is 4. The molecule has 5 heteroatoms. The van der Waals surface area contributed by atoms with Crippen LogP contribution < -0.4 is 5.56 Å². The van der Waals surface area contributed by atoms with Crippen molar-refractivity contribution in [1.29, 1.82) is 0 Å². The van der Waals surface area contributed by atoms with Gasteiger partial charge >= 0.3 is 0 Å². The predicted octanol–water partition coefficient (Wildman–Crippen LogP) is 2.17. The smallest absolute Gasteiger partial charge is 0.262 e. The van der Waals surface area contributed by atoms with E-state index in [4.69, 9.17) is 4.74 Å². The number of H-pyrrole nitrogens is 1. The minimum atomic E-state index is -0.318. The zero-order valence-corrected chi connectivity index (χ0v) is 11.9. The summed E-state index contributed by atoms with van der Waals surface area (Å²) in [4.78, 5) is 19.1. The summed E-state index contributed by atoms with van der Waals surface area (Å²) in [7, 11) is 0. The monoisotopic (exact) mass is 286 g/mol. The van der Waals surface area contributed by atoms with Crippen molar-refractivity contribution in [2.24, 2.45) is 0 Å². The highest BCUT2D eigenvalue weighted by Gasteiger charge is 2.19. The van der Waals surface area contributed by atoms with Crippen molar-refractivity contribution >= 4 is 0 Å². The van der Waals surface area contributed by atoms with Crippen LogP contribution in [0.5, 0.6) is 5.88 Å². The minimum Gasteiger partial charge on any atom is -0.493 e. The summed E-state index contributed by atoms with van der Waals surface area (Å²) in [6.07, 6.45) is 2.60. The highest BCUT2D eigenvalue weighted by Crippen LogP contribution is 2.24. The Balaban J connectivity index is 1.94. The van der Waals surface area contributed by atoms with E-state index in [1.54, 1.807) is 6.07 Å². The van der Waals surface area contributed by atoms with Crippen LogP contribution in [0.25, 0.3) is 11.1 Å². The summed E-state index contributed by atoms with van der Waals surface area (Å²) >= 11 is 0. The molecule has 1 aromatic heterocycles. The van der Waals surface area contributed by atoms with Gasteiger partial charge in [0, 0.05) is 13.0 Å². The Morgan fingerprint density at radius 1 is 1.48 bits per heavy atom. The number of aromatic nitrogens is 2. The van der Waals surface area contributed by atoms with Crippen LogP contribution in [0, 0.1) is 6.92 Å². The molecule has 1 unspecified atom stereocenters. The number of aromatic amines is 1. The average molecular weight is 286 g/mol. The van der Waals surface area contributed by atoms with E-state index < -0.39 is 0 Å². The quantitative estimate of drug-likeness (QED) is 0.906. The summed E-state index contributed by atoms with van der Waals surface area (Å²) < 4.78 is 5.52. The van der Waals surface area contributed by atoms with Crippen molar-refractivity contribution in [3.05, 3.63) is 46.0 Å². The molecule has 0 amide bonds. The van der Waals surface area contributed by atoms with Gasteiger partial charge in [0.1, 0.15) is 11.4 Å². The lowest BCUT2D eigenvalue weighted by atomic mass is 10.1.